The highest BCUT2D eigenvalue weighted by atomic mass is 79.9. The second-order valence-electron chi connectivity index (χ2n) is 6.13. The lowest BCUT2D eigenvalue weighted by Crippen LogP contribution is -2.27. The van der Waals surface area contributed by atoms with E-state index in [0.717, 1.165) is 27.3 Å². The molecule has 0 unspecified atom stereocenters. The van der Waals surface area contributed by atoms with E-state index in [2.05, 4.69) is 39.1 Å². The van der Waals surface area contributed by atoms with E-state index < -0.39 is 0 Å². The maximum atomic E-state index is 12.5. The third-order valence-electron chi connectivity index (χ3n) is 4.23. The van der Waals surface area contributed by atoms with Gasteiger partial charge in [0.1, 0.15) is 6.33 Å². The molecule has 1 amide bonds. The molecule has 1 heterocycles. The summed E-state index contributed by atoms with van der Waals surface area (Å²) in [5.74, 6) is 0.376. The molecule has 0 bridgehead atoms. The molecule has 27 heavy (non-hydrogen) atoms. The van der Waals surface area contributed by atoms with Crippen molar-refractivity contribution in [1.82, 2.24) is 19.7 Å². The standard InChI is InChI=1S/C20H21BrN4OS/c1-3-16-6-4-5-7-18(16)25-14-22-23-20(25)27-13-19(26)24(2)12-15-8-10-17(21)11-9-15/h4-11,14H,3,12-13H2,1-2H3. The molecule has 1 aromatic heterocycles. The summed E-state index contributed by atoms with van der Waals surface area (Å²) in [5.41, 5.74) is 3.38. The summed E-state index contributed by atoms with van der Waals surface area (Å²) in [6, 6.07) is 16.2. The molecular weight excluding hydrogens is 424 g/mol. The summed E-state index contributed by atoms with van der Waals surface area (Å²) < 4.78 is 2.98. The molecule has 3 rings (SSSR count). The lowest BCUT2D eigenvalue weighted by molar-refractivity contribution is -0.127. The van der Waals surface area contributed by atoms with Gasteiger partial charge in [-0.2, -0.15) is 0 Å². The van der Waals surface area contributed by atoms with Crippen LogP contribution in [0.1, 0.15) is 18.1 Å². The Morgan fingerprint density at radius 1 is 1.19 bits per heavy atom. The van der Waals surface area contributed by atoms with Crippen LogP contribution in [0.3, 0.4) is 0 Å². The molecule has 0 spiro atoms. The lowest BCUT2D eigenvalue weighted by atomic mass is 10.1. The van der Waals surface area contributed by atoms with Gasteiger partial charge < -0.3 is 4.90 Å². The third kappa shape index (κ3) is 4.99. The number of carbonyl (C=O) groups excluding carboxylic acids is 1. The topological polar surface area (TPSA) is 51.0 Å². The second-order valence-corrected chi connectivity index (χ2v) is 7.99. The number of nitrogens with zero attached hydrogens (tertiary/aromatic N) is 4. The molecule has 0 aliphatic rings. The van der Waals surface area contributed by atoms with E-state index in [4.69, 9.17) is 0 Å². The van der Waals surface area contributed by atoms with Crippen molar-refractivity contribution in [3.8, 4) is 5.69 Å². The number of aromatic nitrogens is 3. The molecule has 0 saturated heterocycles. The van der Waals surface area contributed by atoms with Gasteiger partial charge in [0.05, 0.1) is 11.4 Å². The fourth-order valence-electron chi connectivity index (χ4n) is 2.72. The molecule has 0 aliphatic carbocycles. The van der Waals surface area contributed by atoms with Gasteiger partial charge in [-0.25, -0.2) is 0 Å². The highest BCUT2D eigenvalue weighted by Crippen LogP contribution is 2.23. The summed E-state index contributed by atoms with van der Waals surface area (Å²) in [4.78, 5) is 14.3. The molecule has 0 radical (unpaired) electrons. The van der Waals surface area contributed by atoms with Crippen molar-refractivity contribution in [1.29, 1.82) is 0 Å². The normalized spacial score (nSPS) is 10.8. The first-order valence-electron chi connectivity index (χ1n) is 8.68. The van der Waals surface area contributed by atoms with Crippen LogP contribution in [-0.4, -0.2) is 38.4 Å². The monoisotopic (exact) mass is 444 g/mol. The number of para-hydroxylation sites is 1. The highest BCUT2D eigenvalue weighted by molar-refractivity contribution is 9.10. The van der Waals surface area contributed by atoms with Gasteiger partial charge in [-0.05, 0) is 35.7 Å². The van der Waals surface area contributed by atoms with Gasteiger partial charge in [0, 0.05) is 18.1 Å². The van der Waals surface area contributed by atoms with Gasteiger partial charge in [0.15, 0.2) is 5.16 Å². The number of hydrogen-bond acceptors (Lipinski definition) is 4. The van der Waals surface area contributed by atoms with Crippen LogP contribution in [0.5, 0.6) is 0 Å². The van der Waals surface area contributed by atoms with Crippen molar-refractivity contribution in [2.24, 2.45) is 0 Å². The van der Waals surface area contributed by atoms with Crippen molar-refractivity contribution >= 4 is 33.6 Å². The minimum Gasteiger partial charge on any atom is -0.341 e. The minimum atomic E-state index is 0.0567. The van der Waals surface area contributed by atoms with Gasteiger partial charge in [0.2, 0.25) is 5.91 Å². The molecule has 0 aliphatic heterocycles. The van der Waals surface area contributed by atoms with Crippen molar-refractivity contribution in [2.75, 3.05) is 12.8 Å². The Balaban J connectivity index is 1.64. The molecule has 0 atom stereocenters. The lowest BCUT2D eigenvalue weighted by Gasteiger charge is -2.17. The van der Waals surface area contributed by atoms with Crippen molar-refractivity contribution in [2.45, 2.75) is 25.0 Å². The third-order valence-corrected chi connectivity index (χ3v) is 5.69. The van der Waals surface area contributed by atoms with Gasteiger partial charge in [0.25, 0.3) is 0 Å². The first kappa shape index (κ1) is 19.6. The Labute approximate surface area is 171 Å². The zero-order valence-electron chi connectivity index (χ0n) is 15.3. The minimum absolute atomic E-state index is 0.0567. The SMILES string of the molecule is CCc1ccccc1-n1cnnc1SCC(=O)N(C)Cc1ccc(Br)cc1. The highest BCUT2D eigenvalue weighted by Gasteiger charge is 2.14. The number of carbonyl (C=O) groups is 1. The summed E-state index contributed by atoms with van der Waals surface area (Å²) in [5, 5.41) is 8.95. The molecule has 0 saturated carbocycles. The summed E-state index contributed by atoms with van der Waals surface area (Å²) >= 11 is 4.83. The van der Waals surface area contributed by atoms with Crippen LogP contribution in [0.15, 0.2) is 64.5 Å². The first-order valence-corrected chi connectivity index (χ1v) is 10.5. The molecule has 7 heteroatoms. The van der Waals surface area contributed by atoms with E-state index in [1.54, 1.807) is 11.2 Å². The Kier molecular flexibility index (Phi) is 6.68. The Morgan fingerprint density at radius 2 is 1.93 bits per heavy atom. The van der Waals surface area contributed by atoms with Crippen LogP contribution in [0.2, 0.25) is 0 Å². The zero-order valence-corrected chi connectivity index (χ0v) is 17.7. The van der Waals surface area contributed by atoms with Crippen molar-refractivity contribution in [3.63, 3.8) is 0 Å². The number of amides is 1. The maximum absolute atomic E-state index is 12.5. The number of hydrogen-bond donors (Lipinski definition) is 0. The van der Waals surface area contributed by atoms with E-state index in [1.807, 2.05) is 54.1 Å². The number of thioether (sulfide) groups is 1. The van der Waals surface area contributed by atoms with Gasteiger partial charge in [-0.15, -0.1) is 10.2 Å². The molecule has 3 aromatic rings. The summed E-state index contributed by atoms with van der Waals surface area (Å²) in [7, 11) is 1.82. The first-order chi connectivity index (χ1) is 13.1. The van der Waals surface area contributed by atoms with E-state index in [-0.39, 0.29) is 5.91 Å². The van der Waals surface area contributed by atoms with E-state index in [1.165, 1.54) is 17.3 Å². The van der Waals surface area contributed by atoms with Crippen LogP contribution in [0, 0.1) is 0 Å². The quantitative estimate of drug-likeness (QED) is 0.508. The number of aryl methyl sites for hydroxylation is 1. The molecule has 140 valence electrons. The Morgan fingerprint density at radius 3 is 2.67 bits per heavy atom. The largest absolute Gasteiger partial charge is 0.341 e. The molecule has 5 nitrogen and oxygen atoms in total. The molecule has 0 fully saturated rings. The molecule has 2 aromatic carbocycles. The number of rotatable bonds is 7. The summed E-state index contributed by atoms with van der Waals surface area (Å²) in [6.45, 7) is 2.70. The van der Waals surface area contributed by atoms with Crippen LogP contribution in [-0.2, 0) is 17.8 Å². The van der Waals surface area contributed by atoms with Crippen LogP contribution in [0.25, 0.3) is 5.69 Å². The molecular formula is C20H21BrN4OS. The Hall–Kier alpha value is -2.12. The molecule has 0 N–H and O–H groups in total. The van der Waals surface area contributed by atoms with Crippen LogP contribution < -0.4 is 0 Å². The number of halogens is 1. The van der Waals surface area contributed by atoms with Crippen LogP contribution in [0.4, 0.5) is 0 Å². The van der Waals surface area contributed by atoms with Crippen molar-refractivity contribution < 1.29 is 4.79 Å². The van der Waals surface area contributed by atoms with E-state index >= 15 is 0 Å². The van der Waals surface area contributed by atoms with E-state index in [9.17, 15) is 4.79 Å². The second kappa shape index (κ2) is 9.19. The zero-order chi connectivity index (χ0) is 19.2. The van der Waals surface area contributed by atoms with Gasteiger partial charge >= 0.3 is 0 Å². The Bertz CT molecular complexity index is 910. The van der Waals surface area contributed by atoms with Crippen LogP contribution >= 0.6 is 27.7 Å². The number of benzene rings is 2. The predicted octanol–water partition coefficient (Wildman–Crippen LogP) is 4.34. The van der Waals surface area contributed by atoms with Gasteiger partial charge in [-0.1, -0.05) is 64.9 Å². The summed E-state index contributed by atoms with van der Waals surface area (Å²) in [6.07, 6.45) is 2.63. The van der Waals surface area contributed by atoms with E-state index in [0.29, 0.717) is 12.3 Å². The predicted molar refractivity (Wildman–Crippen MR) is 112 cm³/mol. The van der Waals surface area contributed by atoms with Crippen molar-refractivity contribution in [3.05, 3.63) is 70.5 Å². The smallest absolute Gasteiger partial charge is 0.233 e. The average molecular weight is 445 g/mol. The average Bonchev–Trinajstić information content (AvgIpc) is 3.16. The fraction of sp³-hybridized carbons (Fsp3) is 0.250. The fourth-order valence-corrected chi connectivity index (χ4v) is 3.85. The van der Waals surface area contributed by atoms with Gasteiger partial charge in [-0.3, -0.25) is 9.36 Å². The maximum Gasteiger partial charge on any atom is 0.233 e.